The van der Waals surface area contributed by atoms with Gasteiger partial charge in [-0.1, -0.05) is 36.7 Å². The number of hydrogen-bond donors (Lipinski definition) is 1. The summed E-state index contributed by atoms with van der Waals surface area (Å²) in [6.45, 7) is 2.79. The molecule has 0 aliphatic carbocycles. The Labute approximate surface area is 112 Å². The first kappa shape index (κ1) is 15.0. The minimum atomic E-state index is -3.55. The molecule has 2 atom stereocenters. The van der Waals surface area contributed by atoms with Crippen LogP contribution < -0.4 is 0 Å². The van der Waals surface area contributed by atoms with Crippen LogP contribution in [0.5, 0.6) is 0 Å². The summed E-state index contributed by atoms with van der Waals surface area (Å²) in [6, 6.07) is 6.64. The van der Waals surface area contributed by atoms with Crippen LogP contribution >= 0.6 is 11.6 Å². The van der Waals surface area contributed by atoms with Gasteiger partial charge in [-0.15, -0.1) is 0 Å². The molecule has 1 aromatic carbocycles. The number of rotatable bonds is 5. The molecule has 0 heterocycles. The van der Waals surface area contributed by atoms with Crippen molar-refractivity contribution < 1.29 is 18.3 Å². The summed E-state index contributed by atoms with van der Waals surface area (Å²) < 4.78 is 24.2. The van der Waals surface area contributed by atoms with E-state index in [0.29, 0.717) is 10.6 Å². The number of carbonyl (C=O) groups is 1. The zero-order valence-corrected chi connectivity index (χ0v) is 11.7. The Kier molecular flexibility index (Phi) is 4.76. The topological polar surface area (TPSA) is 71.4 Å². The second kappa shape index (κ2) is 5.71. The normalized spacial score (nSPS) is 15.1. The Hall–Kier alpha value is -1.07. The molecular weight excluding hydrogens is 276 g/mol. The maximum absolute atomic E-state index is 12.1. The molecule has 1 N–H and O–H groups in total. The zero-order valence-electron chi connectivity index (χ0n) is 10.1. The van der Waals surface area contributed by atoms with Gasteiger partial charge in [0.05, 0.1) is 16.9 Å². The van der Waals surface area contributed by atoms with E-state index in [1.54, 1.807) is 24.3 Å². The van der Waals surface area contributed by atoms with Crippen molar-refractivity contribution in [1.29, 1.82) is 0 Å². The monoisotopic (exact) mass is 290 g/mol. The third-order valence-corrected chi connectivity index (χ3v) is 5.60. The standard InChI is InChI=1S/C12H15ClO4S/c1-8(12(14)15)9(2)18(16,17)7-10-5-3-4-6-11(10)13/h3-6,8-9H,7H2,1-2H3,(H,14,15). The average molecular weight is 291 g/mol. The van der Waals surface area contributed by atoms with E-state index in [4.69, 9.17) is 16.7 Å². The van der Waals surface area contributed by atoms with Crippen LogP contribution in [0.4, 0.5) is 0 Å². The molecule has 4 nitrogen and oxygen atoms in total. The van der Waals surface area contributed by atoms with Gasteiger partial charge in [0.2, 0.25) is 0 Å². The molecule has 18 heavy (non-hydrogen) atoms. The van der Waals surface area contributed by atoms with E-state index in [0.717, 1.165) is 0 Å². The highest BCUT2D eigenvalue weighted by molar-refractivity contribution is 7.91. The van der Waals surface area contributed by atoms with Gasteiger partial charge in [0.25, 0.3) is 0 Å². The Morgan fingerprint density at radius 1 is 1.33 bits per heavy atom. The lowest BCUT2D eigenvalue weighted by Crippen LogP contribution is -2.31. The maximum atomic E-state index is 12.1. The molecular formula is C12H15ClO4S. The Morgan fingerprint density at radius 3 is 2.39 bits per heavy atom. The van der Waals surface area contributed by atoms with Crippen LogP contribution in [0.2, 0.25) is 5.02 Å². The molecule has 0 aliphatic rings. The van der Waals surface area contributed by atoms with Crippen LogP contribution in [0.1, 0.15) is 19.4 Å². The van der Waals surface area contributed by atoms with Crippen LogP contribution in [0.25, 0.3) is 0 Å². The SMILES string of the molecule is CC(C(=O)O)C(C)S(=O)(=O)Cc1ccccc1Cl. The van der Waals surface area contributed by atoms with E-state index < -0.39 is 27.0 Å². The molecule has 0 saturated heterocycles. The first-order valence-electron chi connectivity index (χ1n) is 5.43. The van der Waals surface area contributed by atoms with Gasteiger partial charge >= 0.3 is 5.97 Å². The summed E-state index contributed by atoms with van der Waals surface area (Å²) in [5.41, 5.74) is 0.489. The number of aliphatic carboxylic acids is 1. The summed E-state index contributed by atoms with van der Waals surface area (Å²) in [7, 11) is -3.55. The van der Waals surface area contributed by atoms with Crippen molar-refractivity contribution in [3.63, 3.8) is 0 Å². The fourth-order valence-electron chi connectivity index (χ4n) is 1.48. The lowest BCUT2D eigenvalue weighted by atomic mass is 10.1. The lowest BCUT2D eigenvalue weighted by Gasteiger charge is -2.17. The van der Waals surface area contributed by atoms with Gasteiger partial charge in [0.15, 0.2) is 9.84 Å². The Balaban J connectivity index is 2.96. The number of carboxylic acid groups (broad SMARTS) is 1. The van der Waals surface area contributed by atoms with Crippen LogP contribution in [0.15, 0.2) is 24.3 Å². The first-order chi connectivity index (χ1) is 8.25. The second-order valence-corrected chi connectivity index (χ2v) is 7.00. The molecule has 0 aliphatic heterocycles. The number of carboxylic acids is 1. The number of benzene rings is 1. The van der Waals surface area contributed by atoms with E-state index in [1.807, 2.05) is 0 Å². The van der Waals surface area contributed by atoms with Crippen LogP contribution in [0.3, 0.4) is 0 Å². The predicted octanol–water partition coefficient (Wildman–Crippen LogP) is 2.36. The number of halogens is 1. The summed E-state index contributed by atoms with van der Waals surface area (Å²) in [6.07, 6.45) is 0. The van der Waals surface area contributed by atoms with Crippen molar-refractivity contribution >= 4 is 27.4 Å². The largest absolute Gasteiger partial charge is 0.481 e. The third-order valence-electron chi connectivity index (χ3n) is 2.97. The van der Waals surface area contributed by atoms with Gasteiger partial charge in [0.1, 0.15) is 0 Å². The molecule has 0 aromatic heterocycles. The molecule has 0 bridgehead atoms. The quantitative estimate of drug-likeness (QED) is 0.903. The van der Waals surface area contributed by atoms with Gasteiger partial charge in [-0.2, -0.15) is 0 Å². The Morgan fingerprint density at radius 2 is 1.89 bits per heavy atom. The number of sulfone groups is 1. The minimum Gasteiger partial charge on any atom is -0.481 e. The summed E-state index contributed by atoms with van der Waals surface area (Å²) in [5.74, 6) is -2.31. The van der Waals surface area contributed by atoms with Gasteiger partial charge in [-0.3, -0.25) is 4.79 Å². The molecule has 0 amide bonds. The predicted molar refractivity (Wildman–Crippen MR) is 70.3 cm³/mol. The lowest BCUT2D eigenvalue weighted by molar-refractivity contribution is -0.141. The Bertz CT molecular complexity index is 539. The van der Waals surface area contributed by atoms with E-state index in [9.17, 15) is 13.2 Å². The highest BCUT2D eigenvalue weighted by Gasteiger charge is 2.31. The minimum absolute atomic E-state index is 0.245. The molecule has 6 heteroatoms. The van der Waals surface area contributed by atoms with Crippen molar-refractivity contribution in [2.45, 2.75) is 24.9 Å². The highest BCUT2D eigenvalue weighted by atomic mass is 35.5. The molecule has 0 saturated carbocycles. The summed E-state index contributed by atoms with van der Waals surface area (Å²) in [4.78, 5) is 10.8. The van der Waals surface area contributed by atoms with Crippen molar-refractivity contribution in [2.24, 2.45) is 5.92 Å². The first-order valence-corrected chi connectivity index (χ1v) is 7.53. The maximum Gasteiger partial charge on any atom is 0.307 e. The van der Waals surface area contributed by atoms with Crippen LogP contribution in [0, 0.1) is 5.92 Å². The summed E-state index contributed by atoms with van der Waals surface area (Å²) in [5, 5.41) is 8.26. The average Bonchev–Trinajstić information content (AvgIpc) is 2.29. The summed E-state index contributed by atoms with van der Waals surface area (Å²) >= 11 is 5.90. The van der Waals surface area contributed by atoms with Gasteiger partial charge in [-0.05, 0) is 18.6 Å². The van der Waals surface area contributed by atoms with Crippen LogP contribution in [-0.2, 0) is 20.4 Å². The van der Waals surface area contributed by atoms with Crippen LogP contribution in [-0.4, -0.2) is 24.7 Å². The van der Waals surface area contributed by atoms with Gasteiger partial charge in [0, 0.05) is 5.02 Å². The molecule has 0 fully saturated rings. The molecule has 2 unspecified atom stereocenters. The zero-order chi connectivity index (χ0) is 13.9. The number of hydrogen-bond acceptors (Lipinski definition) is 3. The van der Waals surface area contributed by atoms with Gasteiger partial charge < -0.3 is 5.11 Å². The third kappa shape index (κ3) is 3.46. The molecule has 0 spiro atoms. The van der Waals surface area contributed by atoms with E-state index in [2.05, 4.69) is 0 Å². The fraction of sp³-hybridized carbons (Fsp3) is 0.417. The molecule has 1 aromatic rings. The highest BCUT2D eigenvalue weighted by Crippen LogP contribution is 2.22. The fourth-order valence-corrected chi connectivity index (χ4v) is 3.44. The molecule has 1 rings (SSSR count). The van der Waals surface area contributed by atoms with E-state index in [1.165, 1.54) is 13.8 Å². The molecule has 100 valence electrons. The van der Waals surface area contributed by atoms with E-state index in [-0.39, 0.29) is 5.75 Å². The van der Waals surface area contributed by atoms with Crippen molar-refractivity contribution in [3.05, 3.63) is 34.9 Å². The smallest absolute Gasteiger partial charge is 0.307 e. The van der Waals surface area contributed by atoms with E-state index >= 15 is 0 Å². The van der Waals surface area contributed by atoms with Crippen molar-refractivity contribution in [3.8, 4) is 0 Å². The second-order valence-electron chi connectivity index (χ2n) is 4.23. The van der Waals surface area contributed by atoms with Gasteiger partial charge in [-0.25, -0.2) is 8.42 Å². The molecule has 0 radical (unpaired) electrons. The van der Waals surface area contributed by atoms with Crippen molar-refractivity contribution in [1.82, 2.24) is 0 Å². The van der Waals surface area contributed by atoms with Crippen molar-refractivity contribution in [2.75, 3.05) is 0 Å².